The van der Waals surface area contributed by atoms with Crippen molar-refractivity contribution in [3.8, 4) is 11.1 Å². The van der Waals surface area contributed by atoms with E-state index < -0.39 is 0 Å². The fraction of sp³-hybridized carbons (Fsp3) is 0.381. The summed E-state index contributed by atoms with van der Waals surface area (Å²) in [5.74, 6) is 0.370. The Kier molecular flexibility index (Phi) is 5.77. The molecule has 2 aromatic carbocycles. The number of hydrogen-bond donors (Lipinski definition) is 2. The van der Waals surface area contributed by atoms with Crippen molar-refractivity contribution < 1.29 is 4.79 Å². The van der Waals surface area contributed by atoms with E-state index in [2.05, 4.69) is 29.6 Å². The molecule has 0 radical (unpaired) electrons. The largest absolute Gasteiger partial charge is 0.369 e. The van der Waals surface area contributed by atoms with Gasteiger partial charge in [-0.15, -0.1) is 0 Å². The highest BCUT2D eigenvalue weighted by Crippen LogP contribution is 2.41. The van der Waals surface area contributed by atoms with Gasteiger partial charge in [0, 0.05) is 22.9 Å². The summed E-state index contributed by atoms with van der Waals surface area (Å²) in [5.41, 5.74) is 9.07. The maximum Gasteiger partial charge on any atom is 0.220 e. The fourth-order valence-electron chi connectivity index (χ4n) is 3.19. The van der Waals surface area contributed by atoms with Gasteiger partial charge in [0.2, 0.25) is 5.91 Å². The first-order valence-corrected chi connectivity index (χ1v) is 9.31. The lowest BCUT2D eigenvalue weighted by Gasteiger charge is -2.08. The summed E-state index contributed by atoms with van der Waals surface area (Å²) in [6.45, 7) is 2.84. The zero-order valence-corrected chi connectivity index (χ0v) is 15.3. The molecule has 1 fully saturated rings. The lowest BCUT2D eigenvalue weighted by Crippen LogP contribution is -2.23. The number of rotatable bonds is 8. The van der Waals surface area contributed by atoms with Crippen molar-refractivity contribution in [1.29, 1.82) is 0 Å². The number of halogens is 1. The number of primary amides is 1. The average molecular weight is 357 g/mol. The highest BCUT2D eigenvalue weighted by Gasteiger charge is 2.37. The van der Waals surface area contributed by atoms with Crippen molar-refractivity contribution in [2.75, 3.05) is 6.54 Å². The van der Waals surface area contributed by atoms with Crippen LogP contribution >= 0.6 is 11.6 Å². The summed E-state index contributed by atoms with van der Waals surface area (Å²) < 4.78 is 0. The average Bonchev–Trinajstić information content (AvgIpc) is 3.39. The second kappa shape index (κ2) is 8.03. The minimum Gasteiger partial charge on any atom is -0.369 e. The maximum absolute atomic E-state index is 11.0. The molecule has 3 rings (SSSR count). The number of nitrogens with two attached hydrogens (primary N) is 1. The first-order chi connectivity index (χ1) is 12.0. The molecular weight excluding hydrogens is 332 g/mol. The van der Waals surface area contributed by atoms with Crippen LogP contribution in [0.2, 0.25) is 5.02 Å². The number of hydrogen-bond acceptors (Lipinski definition) is 2. The minimum atomic E-state index is -0.204. The van der Waals surface area contributed by atoms with Crippen molar-refractivity contribution in [3.05, 3.63) is 59.1 Å². The summed E-state index contributed by atoms with van der Waals surface area (Å²) in [4.78, 5) is 11.0. The molecule has 0 saturated heterocycles. The molecule has 1 aliphatic rings. The van der Waals surface area contributed by atoms with E-state index in [4.69, 9.17) is 17.3 Å². The number of carbonyl (C=O) groups is 1. The van der Waals surface area contributed by atoms with Gasteiger partial charge in [-0.25, -0.2) is 0 Å². The quantitative estimate of drug-likeness (QED) is 0.691. The predicted octanol–water partition coefficient (Wildman–Crippen LogP) is 4.35. The van der Waals surface area contributed by atoms with Crippen molar-refractivity contribution >= 4 is 17.5 Å². The molecule has 25 heavy (non-hydrogen) atoms. The van der Waals surface area contributed by atoms with E-state index in [-0.39, 0.29) is 11.8 Å². The first-order valence-electron chi connectivity index (χ1n) is 8.93. The van der Waals surface area contributed by atoms with Crippen LogP contribution in [0.1, 0.15) is 37.7 Å². The van der Waals surface area contributed by atoms with Gasteiger partial charge in [0.05, 0.1) is 0 Å². The van der Waals surface area contributed by atoms with Crippen molar-refractivity contribution in [3.63, 3.8) is 0 Å². The summed E-state index contributed by atoms with van der Waals surface area (Å²) in [6.07, 6.45) is 3.03. The standard InChI is InChI=1S/C21H25ClN2O/c1-14(21(23)25)3-2-12-24-20-13-19(20)17-6-4-15(5-7-17)16-8-10-18(22)11-9-16/h4-11,14,19-20,24H,2-3,12-13H2,1H3,(H2,23,25). The van der Waals surface area contributed by atoms with Crippen molar-refractivity contribution in [2.45, 2.75) is 38.1 Å². The lowest BCUT2D eigenvalue weighted by atomic mass is 10.0. The Hall–Kier alpha value is -1.84. The molecule has 0 aromatic heterocycles. The Bertz CT molecular complexity index is 712. The molecule has 0 heterocycles. The Morgan fingerprint density at radius 2 is 1.76 bits per heavy atom. The van der Waals surface area contributed by atoms with E-state index in [1.165, 1.54) is 23.1 Å². The molecule has 3 atom stereocenters. The van der Waals surface area contributed by atoms with Crippen LogP contribution in [0, 0.1) is 5.92 Å². The Morgan fingerprint density at radius 1 is 1.16 bits per heavy atom. The third-order valence-electron chi connectivity index (χ3n) is 5.01. The van der Waals surface area contributed by atoms with Crippen LogP contribution in [0.3, 0.4) is 0 Å². The van der Waals surface area contributed by atoms with Gasteiger partial charge in [-0.05, 0) is 54.6 Å². The smallest absolute Gasteiger partial charge is 0.220 e. The van der Waals surface area contributed by atoms with Crippen LogP contribution < -0.4 is 11.1 Å². The fourth-order valence-corrected chi connectivity index (χ4v) is 3.32. The molecule has 3 unspecified atom stereocenters. The summed E-state index contributed by atoms with van der Waals surface area (Å²) in [5, 5.41) is 4.35. The molecule has 3 N–H and O–H groups in total. The molecule has 1 amide bonds. The normalized spacial score (nSPS) is 20.2. The van der Waals surface area contributed by atoms with Crippen LogP contribution in [0.5, 0.6) is 0 Å². The maximum atomic E-state index is 11.0. The van der Waals surface area contributed by atoms with Crippen LogP contribution in [-0.2, 0) is 4.79 Å². The molecule has 1 saturated carbocycles. The Morgan fingerprint density at radius 3 is 2.36 bits per heavy atom. The monoisotopic (exact) mass is 356 g/mol. The third kappa shape index (κ3) is 4.83. The Balaban J connectivity index is 1.46. The number of amides is 1. The Labute approximate surface area is 154 Å². The van der Waals surface area contributed by atoms with Crippen molar-refractivity contribution in [1.82, 2.24) is 5.32 Å². The van der Waals surface area contributed by atoms with E-state index in [9.17, 15) is 4.79 Å². The topological polar surface area (TPSA) is 55.1 Å². The first kappa shape index (κ1) is 18.0. The second-order valence-electron chi connectivity index (χ2n) is 6.98. The van der Waals surface area contributed by atoms with Gasteiger partial charge in [-0.1, -0.05) is 54.9 Å². The molecule has 0 spiro atoms. The highest BCUT2D eigenvalue weighted by molar-refractivity contribution is 6.30. The van der Waals surface area contributed by atoms with Crippen LogP contribution in [0.15, 0.2) is 48.5 Å². The zero-order valence-electron chi connectivity index (χ0n) is 14.5. The molecule has 4 heteroatoms. The van der Waals surface area contributed by atoms with E-state index in [1.807, 2.05) is 31.2 Å². The molecular formula is C21H25ClN2O. The lowest BCUT2D eigenvalue weighted by molar-refractivity contribution is -0.121. The predicted molar refractivity (Wildman–Crippen MR) is 104 cm³/mol. The summed E-state index contributed by atoms with van der Waals surface area (Å²) >= 11 is 5.95. The molecule has 2 aromatic rings. The van der Waals surface area contributed by atoms with Gasteiger partial charge in [0.25, 0.3) is 0 Å². The minimum absolute atomic E-state index is 0.0304. The number of carbonyl (C=O) groups excluding carboxylic acids is 1. The van der Waals surface area contributed by atoms with E-state index in [1.54, 1.807) is 0 Å². The van der Waals surface area contributed by atoms with Crippen LogP contribution in [0.25, 0.3) is 11.1 Å². The summed E-state index contributed by atoms with van der Waals surface area (Å²) in [7, 11) is 0. The molecule has 0 bridgehead atoms. The third-order valence-corrected chi connectivity index (χ3v) is 5.26. The SMILES string of the molecule is CC(CCCNC1CC1c1ccc(-c2ccc(Cl)cc2)cc1)C(N)=O. The summed E-state index contributed by atoms with van der Waals surface area (Å²) in [6, 6.07) is 17.3. The van der Waals surface area contributed by atoms with E-state index in [0.717, 1.165) is 24.4 Å². The highest BCUT2D eigenvalue weighted by atomic mass is 35.5. The molecule has 1 aliphatic carbocycles. The van der Waals surface area contributed by atoms with E-state index >= 15 is 0 Å². The van der Waals surface area contributed by atoms with Gasteiger partial charge < -0.3 is 11.1 Å². The van der Waals surface area contributed by atoms with Crippen LogP contribution in [0.4, 0.5) is 0 Å². The number of benzene rings is 2. The number of nitrogens with one attached hydrogen (secondary N) is 1. The van der Waals surface area contributed by atoms with Gasteiger partial charge in [-0.3, -0.25) is 4.79 Å². The zero-order chi connectivity index (χ0) is 17.8. The molecule has 132 valence electrons. The van der Waals surface area contributed by atoms with Crippen molar-refractivity contribution in [2.24, 2.45) is 11.7 Å². The molecule has 0 aliphatic heterocycles. The van der Waals surface area contributed by atoms with Gasteiger partial charge in [-0.2, -0.15) is 0 Å². The molecule has 3 nitrogen and oxygen atoms in total. The second-order valence-corrected chi connectivity index (χ2v) is 7.41. The van der Waals surface area contributed by atoms with Gasteiger partial charge in [0.15, 0.2) is 0 Å². The van der Waals surface area contributed by atoms with Crippen LogP contribution in [-0.4, -0.2) is 18.5 Å². The van der Waals surface area contributed by atoms with E-state index in [0.29, 0.717) is 12.0 Å². The van der Waals surface area contributed by atoms with Gasteiger partial charge in [0.1, 0.15) is 0 Å². The van der Waals surface area contributed by atoms with Gasteiger partial charge >= 0.3 is 0 Å².